The highest BCUT2D eigenvalue weighted by molar-refractivity contribution is 7.47. The van der Waals surface area contributed by atoms with E-state index >= 15 is 0 Å². The molecule has 45 heavy (non-hydrogen) atoms. The Kier molecular flexibility index (Phi) is 29.2. The summed E-state index contributed by atoms with van der Waals surface area (Å²) in [6.07, 6.45) is 28.5. The highest BCUT2D eigenvalue weighted by Gasteiger charge is 2.27. The van der Waals surface area contributed by atoms with Crippen LogP contribution in [-0.2, 0) is 32.7 Å². The number of rotatable bonds is 30. The second kappa shape index (κ2) is 30.6. The van der Waals surface area contributed by atoms with E-state index in [-0.39, 0.29) is 19.4 Å². The van der Waals surface area contributed by atoms with Gasteiger partial charge >= 0.3 is 19.8 Å². The van der Waals surface area contributed by atoms with Gasteiger partial charge in [0.2, 0.25) is 0 Å². The summed E-state index contributed by atoms with van der Waals surface area (Å²) in [5.74, 6) is -0.974. The van der Waals surface area contributed by atoms with E-state index in [2.05, 4.69) is 67.0 Å². The zero-order valence-corrected chi connectivity index (χ0v) is 28.5. The van der Waals surface area contributed by atoms with Crippen LogP contribution in [0.5, 0.6) is 0 Å². The zero-order chi connectivity index (χ0) is 33.4. The van der Waals surface area contributed by atoms with Crippen LogP contribution in [0.25, 0.3) is 0 Å². The Labute approximate surface area is 271 Å². The van der Waals surface area contributed by atoms with Crippen molar-refractivity contribution in [1.82, 2.24) is 0 Å². The number of aliphatic hydroxyl groups excluding tert-OH is 2. The molecule has 0 aliphatic heterocycles. The smallest absolute Gasteiger partial charge is 0.462 e. The lowest BCUT2D eigenvalue weighted by atomic mass is 10.1. The van der Waals surface area contributed by atoms with Gasteiger partial charge in [-0.25, -0.2) is 4.57 Å². The number of hydrogen-bond acceptors (Lipinski definition) is 9. The van der Waals surface area contributed by atoms with Crippen molar-refractivity contribution >= 4 is 19.8 Å². The molecule has 0 radical (unpaired) electrons. The number of hydrogen-bond donors (Lipinski definition) is 3. The van der Waals surface area contributed by atoms with Gasteiger partial charge in [0, 0.05) is 12.8 Å². The minimum absolute atomic E-state index is 0.155. The molecule has 0 aromatic rings. The van der Waals surface area contributed by atoms with Crippen molar-refractivity contribution in [3.05, 3.63) is 48.6 Å². The number of allylic oxidation sites excluding steroid dienone is 8. The predicted molar refractivity (Wildman–Crippen MR) is 177 cm³/mol. The highest BCUT2D eigenvalue weighted by Crippen LogP contribution is 2.43. The number of esters is 2. The van der Waals surface area contributed by atoms with Crippen molar-refractivity contribution in [3.63, 3.8) is 0 Å². The third-order valence-corrected chi connectivity index (χ3v) is 7.45. The summed E-state index contributed by atoms with van der Waals surface area (Å²) in [6, 6.07) is 0. The number of ether oxygens (including phenoxy) is 2. The Morgan fingerprint density at radius 1 is 0.689 bits per heavy atom. The van der Waals surface area contributed by atoms with Gasteiger partial charge < -0.3 is 24.6 Å². The van der Waals surface area contributed by atoms with Crippen molar-refractivity contribution in [3.8, 4) is 0 Å². The Hall–Kier alpha value is -2.07. The fourth-order valence-electron chi connectivity index (χ4n) is 3.92. The van der Waals surface area contributed by atoms with Gasteiger partial charge in [-0.1, -0.05) is 101 Å². The van der Waals surface area contributed by atoms with Crippen molar-refractivity contribution in [2.45, 2.75) is 129 Å². The first-order valence-electron chi connectivity index (χ1n) is 16.6. The van der Waals surface area contributed by atoms with Gasteiger partial charge in [0.05, 0.1) is 19.8 Å². The molecule has 3 atom stereocenters. The van der Waals surface area contributed by atoms with Crippen LogP contribution in [0.3, 0.4) is 0 Å². The summed E-state index contributed by atoms with van der Waals surface area (Å²) in [6.45, 7) is 2.09. The molecule has 0 aromatic carbocycles. The molecule has 0 amide bonds. The lowest BCUT2D eigenvalue weighted by Gasteiger charge is -2.20. The van der Waals surface area contributed by atoms with Gasteiger partial charge in [0.25, 0.3) is 0 Å². The number of phosphoric acid groups is 1. The molecule has 0 spiro atoms. The SMILES string of the molecule is CC/C=C\C/C=C\C/C=C\C/C=C\CCCCCCC(=O)OC(COC(=O)CCCCCCC)COP(=O)(O)OCC(O)CO. The molecule has 0 aliphatic carbocycles. The Morgan fingerprint density at radius 2 is 1.22 bits per heavy atom. The maximum Gasteiger partial charge on any atom is 0.472 e. The van der Waals surface area contributed by atoms with Gasteiger partial charge in [-0.3, -0.25) is 18.6 Å². The average Bonchev–Trinajstić information content (AvgIpc) is 3.02. The van der Waals surface area contributed by atoms with Crippen LogP contribution in [-0.4, -0.2) is 65.7 Å². The fourth-order valence-corrected chi connectivity index (χ4v) is 4.71. The van der Waals surface area contributed by atoms with Crippen LogP contribution in [0.4, 0.5) is 0 Å². The predicted octanol–water partition coefficient (Wildman–Crippen LogP) is 7.43. The lowest BCUT2D eigenvalue weighted by molar-refractivity contribution is -0.161. The second-order valence-corrected chi connectivity index (χ2v) is 12.3. The number of phosphoric ester groups is 1. The van der Waals surface area contributed by atoms with Crippen LogP contribution >= 0.6 is 7.82 Å². The summed E-state index contributed by atoms with van der Waals surface area (Å²) in [7, 11) is -4.61. The minimum atomic E-state index is -4.61. The van der Waals surface area contributed by atoms with E-state index in [0.717, 1.165) is 77.0 Å². The largest absolute Gasteiger partial charge is 0.472 e. The number of carbonyl (C=O) groups excluding carboxylic acids is 2. The Morgan fingerprint density at radius 3 is 1.82 bits per heavy atom. The maximum absolute atomic E-state index is 12.4. The maximum atomic E-state index is 12.4. The first-order valence-corrected chi connectivity index (χ1v) is 18.1. The quantitative estimate of drug-likeness (QED) is 0.0308. The molecular formula is C34H59O10P. The molecule has 0 heterocycles. The van der Waals surface area contributed by atoms with Gasteiger partial charge in [0.15, 0.2) is 6.10 Å². The van der Waals surface area contributed by atoms with Crippen molar-refractivity contribution < 1.29 is 47.8 Å². The van der Waals surface area contributed by atoms with Crippen LogP contribution in [0.2, 0.25) is 0 Å². The van der Waals surface area contributed by atoms with Crippen LogP contribution in [0.1, 0.15) is 117 Å². The Balaban J connectivity index is 4.39. The molecule has 0 aliphatic rings. The topological polar surface area (TPSA) is 149 Å². The lowest BCUT2D eigenvalue weighted by Crippen LogP contribution is -2.29. The van der Waals surface area contributed by atoms with Gasteiger partial charge in [0.1, 0.15) is 12.7 Å². The molecule has 0 saturated heterocycles. The van der Waals surface area contributed by atoms with Crippen molar-refractivity contribution in [1.29, 1.82) is 0 Å². The summed E-state index contributed by atoms with van der Waals surface area (Å²) in [4.78, 5) is 34.4. The molecule has 0 rings (SSSR count). The normalized spacial score (nSPS) is 14.9. The van der Waals surface area contributed by atoms with Crippen molar-refractivity contribution in [2.24, 2.45) is 0 Å². The van der Waals surface area contributed by atoms with Crippen LogP contribution in [0.15, 0.2) is 48.6 Å². The molecule has 260 valence electrons. The monoisotopic (exact) mass is 658 g/mol. The number of carbonyl (C=O) groups is 2. The highest BCUT2D eigenvalue weighted by atomic mass is 31.2. The van der Waals surface area contributed by atoms with E-state index in [1.807, 2.05) is 0 Å². The first kappa shape index (κ1) is 42.9. The molecule has 11 heteroatoms. The summed E-state index contributed by atoms with van der Waals surface area (Å²) < 4.78 is 32.2. The molecule has 3 N–H and O–H groups in total. The van der Waals surface area contributed by atoms with E-state index < -0.39 is 51.8 Å². The van der Waals surface area contributed by atoms with Crippen LogP contribution < -0.4 is 0 Å². The second-order valence-electron chi connectivity index (χ2n) is 10.8. The van der Waals surface area contributed by atoms with Gasteiger partial charge in [-0.2, -0.15) is 0 Å². The minimum Gasteiger partial charge on any atom is -0.462 e. The third kappa shape index (κ3) is 30.4. The molecule has 0 fully saturated rings. The first-order chi connectivity index (χ1) is 21.7. The molecular weight excluding hydrogens is 599 g/mol. The average molecular weight is 659 g/mol. The number of unbranched alkanes of at least 4 members (excludes halogenated alkanes) is 8. The third-order valence-electron chi connectivity index (χ3n) is 6.50. The van der Waals surface area contributed by atoms with Crippen molar-refractivity contribution in [2.75, 3.05) is 26.4 Å². The number of aliphatic hydroxyl groups is 2. The standard InChI is InChI=1S/C34H59O10P/c1-3-5-7-9-10-11-12-13-14-15-16-17-18-19-20-22-24-26-34(38)44-32(29-41-33(37)25-23-21-8-6-4-2)30-43-45(39,40)42-28-31(36)27-35/h5,7,10-11,13-14,16-17,31-32,35-36H,3-4,6,8-9,12,15,18-30H2,1-2H3,(H,39,40)/b7-5-,11-10-,14-13-,17-16-. The summed E-state index contributed by atoms with van der Waals surface area (Å²) in [5.41, 5.74) is 0. The van der Waals surface area contributed by atoms with E-state index in [4.69, 9.17) is 19.1 Å². The van der Waals surface area contributed by atoms with E-state index in [9.17, 15) is 24.2 Å². The zero-order valence-electron chi connectivity index (χ0n) is 27.6. The summed E-state index contributed by atoms with van der Waals surface area (Å²) >= 11 is 0. The van der Waals surface area contributed by atoms with E-state index in [0.29, 0.717) is 12.8 Å². The Bertz CT molecular complexity index is 899. The van der Waals surface area contributed by atoms with Crippen LogP contribution in [0, 0.1) is 0 Å². The molecule has 3 unspecified atom stereocenters. The van der Waals surface area contributed by atoms with Gasteiger partial charge in [-0.15, -0.1) is 0 Å². The molecule has 10 nitrogen and oxygen atoms in total. The van der Waals surface area contributed by atoms with Gasteiger partial charge in [-0.05, 0) is 51.4 Å². The molecule has 0 saturated carbocycles. The molecule has 0 bridgehead atoms. The van der Waals surface area contributed by atoms with E-state index in [1.165, 1.54) is 0 Å². The van der Waals surface area contributed by atoms with E-state index in [1.54, 1.807) is 0 Å². The molecule has 0 aromatic heterocycles. The fraction of sp³-hybridized carbons (Fsp3) is 0.706. The summed E-state index contributed by atoms with van der Waals surface area (Å²) in [5, 5.41) is 18.2.